The molecule has 0 aliphatic carbocycles. The Balaban J connectivity index is 1.89. The van der Waals surface area contributed by atoms with Crippen molar-refractivity contribution in [3.8, 4) is 0 Å². The SMILES string of the molecule is CC(NCc1cccnc1)c1cscn1. The molecule has 0 aliphatic rings. The van der Waals surface area contributed by atoms with Crippen LogP contribution in [0, 0.1) is 0 Å². The second kappa shape index (κ2) is 5.00. The highest BCUT2D eigenvalue weighted by Gasteiger charge is 2.05. The number of pyridine rings is 1. The van der Waals surface area contributed by atoms with Crippen LogP contribution in [-0.2, 0) is 6.54 Å². The van der Waals surface area contributed by atoms with Crippen molar-refractivity contribution in [2.75, 3.05) is 0 Å². The van der Waals surface area contributed by atoms with Crippen LogP contribution in [0.25, 0.3) is 0 Å². The first-order valence-electron chi connectivity index (χ1n) is 4.86. The Hall–Kier alpha value is -1.26. The summed E-state index contributed by atoms with van der Waals surface area (Å²) in [6.07, 6.45) is 3.66. The number of nitrogens with one attached hydrogen (secondary N) is 1. The van der Waals surface area contributed by atoms with Gasteiger partial charge in [-0.15, -0.1) is 11.3 Å². The highest BCUT2D eigenvalue weighted by atomic mass is 32.1. The van der Waals surface area contributed by atoms with Gasteiger partial charge in [0.25, 0.3) is 0 Å². The van der Waals surface area contributed by atoms with E-state index in [9.17, 15) is 0 Å². The van der Waals surface area contributed by atoms with Crippen molar-refractivity contribution in [1.82, 2.24) is 15.3 Å². The van der Waals surface area contributed by atoms with Gasteiger partial charge in [0.2, 0.25) is 0 Å². The predicted octanol–water partition coefficient (Wildman–Crippen LogP) is 2.39. The van der Waals surface area contributed by atoms with Gasteiger partial charge >= 0.3 is 0 Å². The van der Waals surface area contributed by atoms with Gasteiger partial charge in [-0.25, -0.2) is 4.98 Å². The Morgan fingerprint density at radius 3 is 3.13 bits per heavy atom. The largest absolute Gasteiger partial charge is 0.305 e. The maximum absolute atomic E-state index is 4.27. The van der Waals surface area contributed by atoms with Crippen LogP contribution in [0.2, 0.25) is 0 Å². The minimum Gasteiger partial charge on any atom is -0.305 e. The summed E-state index contributed by atoms with van der Waals surface area (Å²) < 4.78 is 0. The average molecular weight is 219 g/mol. The average Bonchev–Trinajstić information content (AvgIpc) is 2.81. The van der Waals surface area contributed by atoms with Crippen molar-refractivity contribution in [3.63, 3.8) is 0 Å². The Bertz CT molecular complexity index is 385. The van der Waals surface area contributed by atoms with Crippen LogP contribution >= 0.6 is 11.3 Å². The third-order valence-electron chi connectivity index (χ3n) is 2.23. The third-order valence-corrected chi connectivity index (χ3v) is 2.83. The van der Waals surface area contributed by atoms with Gasteiger partial charge in [-0.3, -0.25) is 4.98 Å². The van der Waals surface area contributed by atoms with E-state index in [4.69, 9.17) is 0 Å². The molecule has 0 amide bonds. The summed E-state index contributed by atoms with van der Waals surface area (Å²) in [6.45, 7) is 2.94. The van der Waals surface area contributed by atoms with Crippen molar-refractivity contribution < 1.29 is 0 Å². The van der Waals surface area contributed by atoms with Crippen LogP contribution in [-0.4, -0.2) is 9.97 Å². The van der Waals surface area contributed by atoms with Gasteiger partial charge in [0.05, 0.1) is 11.2 Å². The molecule has 0 bridgehead atoms. The van der Waals surface area contributed by atoms with Crippen molar-refractivity contribution >= 4 is 11.3 Å². The minimum atomic E-state index is 0.288. The van der Waals surface area contributed by atoms with Crippen LogP contribution in [0.3, 0.4) is 0 Å². The molecule has 0 spiro atoms. The normalized spacial score (nSPS) is 12.6. The van der Waals surface area contributed by atoms with Crippen LogP contribution in [0.15, 0.2) is 35.4 Å². The fourth-order valence-electron chi connectivity index (χ4n) is 1.31. The molecule has 0 aliphatic heterocycles. The number of hydrogen-bond acceptors (Lipinski definition) is 4. The number of nitrogens with zero attached hydrogens (tertiary/aromatic N) is 2. The maximum atomic E-state index is 4.27. The van der Waals surface area contributed by atoms with Crippen LogP contribution < -0.4 is 5.32 Å². The van der Waals surface area contributed by atoms with E-state index < -0.39 is 0 Å². The van der Waals surface area contributed by atoms with Crippen molar-refractivity contribution in [2.24, 2.45) is 0 Å². The molecule has 2 heterocycles. The van der Waals surface area contributed by atoms with Crippen LogP contribution in [0.4, 0.5) is 0 Å². The zero-order chi connectivity index (χ0) is 10.5. The summed E-state index contributed by atoms with van der Waals surface area (Å²) in [4.78, 5) is 8.34. The van der Waals surface area contributed by atoms with E-state index in [2.05, 4.69) is 33.7 Å². The fraction of sp³-hybridized carbons (Fsp3) is 0.273. The lowest BCUT2D eigenvalue weighted by Crippen LogP contribution is -2.18. The Kier molecular flexibility index (Phi) is 3.42. The van der Waals surface area contributed by atoms with Gasteiger partial charge in [0.15, 0.2) is 0 Å². The highest BCUT2D eigenvalue weighted by Crippen LogP contribution is 2.12. The Morgan fingerprint density at radius 2 is 2.47 bits per heavy atom. The lowest BCUT2D eigenvalue weighted by molar-refractivity contribution is 0.563. The molecule has 0 aromatic carbocycles. The molecule has 1 atom stereocenters. The van der Waals surface area contributed by atoms with Crippen molar-refractivity contribution in [1.29, 1.82) is 0 Å². The molecular formula is C11H13N3S. The molecular weight excluding hydrogens is 206 g/mol. The van der Waals surface area contributed by atoms with Gasteiger partial charge in [0, 0.05) is 30.4 Å². The van der Waals surface area contributed by atoms with E-state index in [-0.39, 0.29) is 6.04 Å². The van der Waals surface area contributed by atoms with Gasteiger partial charge in [0.1, 0.15) is 0 Å². The first-order chi connectivity index (χ1) is 7.36. The molecule has 0 saturated carbocycles. The van der Waals surface area contributed by atoms with Gasteiger partial charge in [-0.1, -0.05) is 6.07 Å². The summed E-state index contributed by atoms with van der Waals surface area (Å²) in [5.41, 5.74) is 4.15. The first-order valence-corrected chi connectivity index (χ1v) is 5.81. The lowest BCUT2D eigenvalue weighted by atomic mass is 10.2. The maximum Gasteiger partial charge on any atom is 0.0795 e. The minimum absolute atomic E-state index is 0.288. The third kappa shape index (κ3) is 2.84. The van der Waals surface area contributed by atoms with Gasteiger partial charge in [-0.05, 0) is 18.6 Å². The zero-order valence-corrected chi connectivity index (χ0v) is 9.37. The molecule has 78 valence electrons. The second-order valence-electron chi connectivity index (χ2n) is 3.38. The molecule has 1 N–H and O–H groups in total. The van der Waals surface area contributed by atoms with Gasteiger partial charge < -0.3 is 5.32 Å². The predicted molar refractivity (Wildman–Crippen MR) is 61.6 cm³/mol. The molecule has 0 saturated heterocycles. The summed E-state index contributed by atoms with van der Waals surface area (Å²) in [6, 6.07) is 4.30. The zero-order valence-electron chi connectivity index (χ0n) is 8.55. The molecule has 3 nitrogen and oxygen atoms in total. The smallest absolute Gasteiger partial charge is 0.0795 e. The second-order valence-corrected chi connectivity index (χ2v) is 4.10. The van der Waals surface area contributed by atoms with Crippen molar-refractivity contribution in [2.45, 2.75) is 19.5 Å². The van der Waals surface area contributed by atoms with E-state index in [1.54, 1.807) is 17.5 Å². The van der Waals surface area contributed by atoms with E-state index in [1.165, 1.54) is 5.56 Å². The summed E-state index contributed by atoms with van der Waals surface area (Å²) >= 11 is 1.63. The number of hydrogen-bond donors (Lipinski definition) is 1. The molecule has 15 heavy (non-hydrogen) atoms. The molecule has 1 unspecified atom stereocenters. The Labute approximate surface area is 93.2 Å². The summed E-state index contributed by atoms with van der Waals surface area (Å²) in [5, 5.41) is 5.48. The van der Waals surface area contributed by atoms with E-state index in [1.807, 2.05) is 17.8 Å². The molecule has 2 aromatic heterocycles. The van der Waals surface area contributed by atoms with Gasteiger partial charge in [-0.2, -0.15) is 0 Å². The standard InChI is InChI=1S/C11H13N3S/c1-9(11-7-15-8-14-11)13-6-10-3-2-4-12-5-10/h2-5,7-9,13H,6H2,1H3. The summed E-state index contributed by atoms with van der Waals surface area (Å²) in [7, 11) is 0. The quantitative estimate of drug-likeness (QED) is 0.858. The van der Waals surface area contributed by atoms with E-state index in [0.717, 1.165) is 12.2 Å². The molecule has 0 fully saturated rings. The van der Waals surface area contributed by atoms with E-state index >= 15 is 0 Å². The topological polar surface area (TPSA) is 37.8 Å². The highest BCUT2D eigenvalue weighted by molar-refractivity contribution is 7.07. The van der Waals surface area contributed by atoms with E-state index in [0.29, 0.717) is 0 Å². The Morgan fingerprint density at radius 1 is 1.53 bits per heavy atom. The molecule has 0 radical (unpaired) electrons. The lowest BCUT2D eigenvalue weighted by Gasteiger charge is -2.10. The van der Waals surface area contributed by atoms with Crippen LogP contribution in [0.1, 0.15) is 24.2 Å². The van der Waals surface area contributed by atoms with Crippen LogP contribution in [0.5, 0.6) is 0 Å². The molecule has 4 heteroatoms. The molecule has 2 rings (SSSR count). The molecule has 2 aromatic rings. The summed E-state index contributed by atoms with van der Waals surface area (Å²) in [5.74, 6) is 0. The van der Waals surface area contributed by atoms with Crippen molar-refractivity contribution in [3.05, 3.63) is 46.7 Å². The fourth-order valence-corrected chi connectivity index (χ4v) is 1.96. The number of rotatable bonds is 4. The number of aromatic nitrogens is 2. The number of thiazole rings is 1. The monoisotopic (exact) mass is 219 g/mol. The first kappa shape index (κ1) is 10.3.